The molecular weight excluding hydrogens is 213 g/mol. The number of rotatable bonds is 3. The number of carboxylic acid groups (broad SMARTS) is 1. The van der Waals surface area contributed by atoms with Crippen LogP contribution in [0.1, 0.15) is 5.56 Å². The van der Waals surface area contributed by atoms with E-state index in [1.54, 1.807) is 0 Å². The number of carbonyl (C=O) groups is 1. The molecule has 6 heteroatoms. The van der Waals surface area contributed by atoms with E-state index in [1.807, 2.05) is 0 Å². The maximum absolute atomic E-state index is 13.1. The Hall–Kier alpha value is -1.56. The standard InChI is InChI=1S/C9H7F3O3/c10-6-3-1-5(2-4-6)9(11,12)7(13)8(14)15/h1-4,7,13H,(H,14,15)/p-1/t7-/m0/s1. The number of aliphatic hydroxyl groups is 1. The molecule has 1 aromatic rings. The normalized spacial score (nSPS) is 13.6. The number of carbonyl (C=O) groups excluding carboxylic acids is 1. The van der Waals surface area contributed by atoms with Crippen molar-refractivity contribution in [3.63, 3.8) is 0 Å². The first-order chi connectivity index (χ1) is 6.85. The van der Waals surface area contributed by atoms with Gasteiger partial charge in [-0.25, -0.2) is 4.39 Å². The van der Waals surface area contributed by atoms with Crippen LogP contribution in [0.5, 0.6) is 0 Å². The molecule has 0 unspecified atom stereocenters. The molecule has 0 fully saturated rings. The third-order valence-corrected chi connectivity index (χ3v) is 1.80. The van der Waals surface area contributed by atoms with Crippen molar-refractivity contribution in [2.45, 2.75) is 12.0 Å². The SMILES string of the molecule is O=C([O-])[C@H](O)C(F)(F)c1ccc(F)cc1. The van der Waals surface area contributed by atoms with Gasteiger partial charge in [0.1, 0.15) is 5.82 Å². The fourth-order valence-corrected chi connectivity index (χ4v) is 0.978. The number of hydrogen-bond acceptors (Lipinski definition) is 3. The average Bonchev–Trinajstić information content (AvgIpc) is 2.17. The number of aliphatic carboxylic acids is 1. The van der Waals surface area contributed by atoms with Gasteiger partial charge < -0.3 is 15.0 Å². The summed E-state index contributed by atoms with van der Waals surface area (Å²) in [7, 11) is 0. The van der Waals surface area contributed by atoms with E-state index in [0.717, 1.165) is 12.1 Å². The summed E-state index contributed by atoms with van der Waals surface area (Å²) in [6.07, 6.45) is -2.96. The van der Waals surface area contributed by atoms with Crippen LogP contribution in [-0.4, -0.2) is 17.2 Å². The molecule has 1 atom stereocenters. The Morgan fingerprint density at radius 3 is 2.20 bits per heavy atom. The van der Waals surface area contributed by atoms with Crippen molar-refractivity contribution >= 4 is 5.97 Å². The largest absolute Gasteiger partial charge is 0.547 e. The molecule has 1 rings (SSSR count). The quantitative estimate of drug-likeness (QED) is 0.780. The van der Waals surface area contributed by atoms with E-state index in [4.69, 9.17) is 5.11 Å². The van der Waals surface area contributed by atoms with Gasteiger partial charge in [0.25, 0.3) is 0 Å². The number of hydrogen-bond donors (Lipinski definition) is 1. The van der Waals surface area contributed by atoms with Crippen LogP contribution in [0.15, 0.2) is 24.3 Å². The summed E-state index contributed by atoms with van der Waals surface area (Å²) in [5.41, 5.74) is -0.791. The first-order valence-electron chi connectivity index (χ1n) is 3.88. The van der Waals surface area contributed by atoms with Crippen molar-refractivity contribution in [3.05, 3.63) is 35.6 Å². The van der Waals surface area contributed by atoms with Crippen LogP contribution < -0.4 is 5.11 Å². The number of alkyl halides is 2. The van der Waals surface area contributed by atoms with E-state index in [1.165, 1.54) is 0 Å². The topological polar surface area (TPSA) is 60.4 Å². The fourth-order valence-electron chi connectivity index (χ4n) is 0.978. The Morgan fingerprint density at radius 2 is 1.80 bits per heavy atom. The van der Waals surface area contributed by atoms with E-state index in [-0.39, 0.29) is 0 Å². The van der Waals surface area contributed by atoms with E-state index in [0.29, 0.717) is 12.1 Å². The van der Waals surface area contributed by atoms with Gasteiger partial charge >= 0.3 is 5.92 Å². The monoisotopic (exact) mass is 219 g/mol. The summed E-state index contributed by atoms with van der Waals surface area (Å²) in [6, 6.07) is 2.87. The Morgan fingerprint density at radius 1 is 1.33 bits per heavy atom. The maximum Gasteiger partial charge on any atom is 0.303 e. The first kappa shape index (κ1) is 11.5. The fraction of sp³-hybridized carbons (Fsp3) is 0.222. The van der Waals surface area contributed by atoms with Gasteiger partial charge in [-0.05, 0) is 12.1 Å². The molecule has 0 aliphatic carbocycles. The van der Waals surface area contributed by atoms with Crippen LogP contribution in [0.3, 0.4) is 0 Å². The van der Waals surface area contributed by atoms with Gasteiger partial charge in [0, 0.05) is 5.56 Å². The second-order valence-electron chi connectivity index (χ2n) is 2.85. The Labute approximate surface area is 82.8 Å². The van der Waals surface area contributed by atoms with Crippen molar-refractivity contribution in [1.29, 1.82) is 0 Å². The van der Waals surface area contributed by atoms with Crippen LogP contribution in [-0.2, 0) is 10.7 Å². The van der Waals surface area contributed by atoms with Gasteiger partial charge in [0.15, 0.2) is 6.10 Å². The van der Waals surface area contributed by atoms with Gasteiger partial charge in [0.05, 0.1) is 5.97 Å². The number of carboxylic acids is 1. The van der Waals surface area contributed by atoms with Gasteiger partial charge in [0.2, 0.25) is 0 Å². The Kier molecular flexibility index (Phi) is 2.99. The predicted octanol–water partition coefficient (Wildman–Crippen LogP) is 0.0283. The second kappa shape index (κ2) is 3.90. The van der Waals surface area contributed by atoms with Crippen LogP contribution in [0.25, 0.3) is 0 Å². The van der Waals surface area contributed by atoms with Crippen molar-refractivity contribution in [1.82, 2.24) is 0 Å². The molecule has 0 aliphatic rings. The number of benzene rings is 1. The number of halogens is 3. The van der Waals surface area contributed by atoms with Crippen molar-refractivity contribution in [3.8, 4) is 0 Å². The first-order valence-corrected chi connectivity index (χ1v) is 3.88. The molecule has 15 heavy (non-hydrogen) atoms. The molecule has 0 radical (unpaired) electrons. The molecule has 1 aromatic carbocycles. The third-order valence-electron chi connectivity index (χ3n) is 1.80. The Bertz CT molecular complexity index is 361. The molecule has 0 aromatic heterocycles. The van der Waals surface area contributed by atoms with Gasteiger partial charge in [-0.1, -0.05) is 12.1 Å². The highest BCUT2D eigenvalue weighted by Gasteiger charge is 2.41. The summed E-state index contributed by atoms with van der Waals surface area (Å²) in [4.78, 5) is 10.1. The van der Waals surface area contributed by atoms with E-state index in [9.17, 15) is 23.1 Å². The lowest BCUT2D eigenvalue weighted by Gasteiger charge is -2.23. The minimum absolute atomic E-state index is 0.696. The molecule has 0 amide bonds. The molecule has 0 bridgehead atoms. The molecule has 0 heterocycles. The van der Waals surface area contributed by atoms with Crippen LogP contribution in [0.2, 0.25) is 0 Å². The lowest BCUT2D eigenvalue weighted by molar-refractivity contribution is -0.325. The Balaban J connectivity index is 3.05. The minimum Gasteiger partial charge on any atom is -0.547 e. The zero-order valence-corrected chi connectivity index (χ0v) is 7.28. The summed E-state index contributed by atoms with van der Waals surface area (Å²) in [5, 5.41) is 18.7. The highest BCUT2D eigenvalue weighted by molar-refractivity contribution is 5.71. The highest BCUT2D eigenvalue weighted by atomic mass is 19.3. The molecule has 82 valence electrons. The third kappa shape index (κ3) is 2.27. The lowest BCUT2D eigenvalue weighted by atomic mass is 10.0. The van der Waals surface area contributed by atoms with Crippen LogP contribution in [0.4, 0.5) is 13.2 Å². The van der Waals surface area contributed by atoms with Crippen molar-refractivity contribution < 1.29 is 28.2 Å². The summed E-state index contributed by atoms with van der Waals surface area (Å²) in [5.74, 6) is -7.03. The highest BCUT2D eigenvalue weighted by Crippen LogP contribution is 2.31. The van der Waals surface area contributed by atoms with Crippen molar-refractivity contribution in [2.75, 3.05) is 0 Å². The van der Waals surface area contributed by atoms with Gasteiger partial charge in [-0.2, -0.15) is 8.78 Å². The van der Waals surface area contributed by atoms with Gasteiger partial charge in [-0.3, -0.25) is 0 Å². The lowest BCUT2D eigenvalue weighted by Crippen LogP contribution is -2.45. The average molecular weight is 219 g/mol. The second-order valence-corrected chi connectivity index (χ2v) is 2.85. The van der Waals surface area contributed by atoms with Crippen LogP contribution >= 0.6 is 0 Å². The summed E-state index contributed by atoms with van der Waals surface area (Å²) < 4.78 is 38.7. The van der Waals surface area contributed by atoms with Gasteiger partial charge in [-0.15, -0.1) is 0 Å². The zero-order valence-electron chi connectivity index (χ0n) is 7.28. The molecule has 1 N–H and O–H groups in total. The van der Waals surface area contributed by atoms with Crippen LogP contribution in [0, 0.1) is 5.82 Å². The number of aliphatic hydroxyl groups excluding tert-OH is 1. The summed E-state index contributed by atoms with van der Waals surface area (Å²) >= 11 is 0. The smallest absolute Gasteiger partial charge is 0.303 e. The minimum atomic E-state index is -4.01. The maximum atomic E-state index is 13.1. The molecular formula is C9H6F3O3-. The van der Waals surface area contributed by atoms with E-state index >= 15 is 0 Å². The molecule has 0 aliphatic heterocycles. The van der Waals surface area contributed by atoms with E-state index < -0.39 is 29.4 Å². The van der Waals surface area contributed by atoms with Crippen molar-refractivity contribution in [2.24, 2.45) is 0 Å². The molecule has 0 saturated heterocycles. The molecule has 3 nitrogen and oxygen atoms in total. The summed E-state index contributed by atoms with van der Waals surface area (Å²) in [6.45, 7) is 0. The predicted molar refractivity (Wildman–Crippen MR) is 41.3 cm³/mol. The molecule has 0 saturated carbocycles. The van der Waals surface area contributed by atoms with E-state index in [2.05, 4.69) is 0 Å². The molecule has 0 spiro atoms. The zero-order chi connectivity index (χ0) is 11.6.